The number of allylic oxidation sites excluding steroid dienone is 4. The van der Waals surface area contributed by atoms with Gasteiger partial charge in [0.15, 0.2) is 0 Å². The Bertz CT molecular complexity index is 899. The van der Waals surface area contributed by atoms with Gasteiger partial charge in [0, 0.05) is 0 Å². The summed E-state index contributed by atoms with van der Waals surface area (Å²) in [5, 5.41) is 0. The van der Waals surface area contributed by atoms with Crippen molar-refractivity contribution in [3.63, 3.8) is 0 Å². The van der Waals surface area contributed by atoms with Crippen LogP contribution in [0.15, 0.2) is 69.6 Å². The van der Waals surface area contributed by atoms with E-state index in [2.05, 4.69) is 87.6 Å². The molecule has 0 saturated carbocycles. The summed E-state index contributed by atoms with van der Waals surface area (Å²) in [5.41, 5.74) is 7.72. The van der Waals surface area contributed by atoms with E-state index in [1.165, 1.54) is 24.0 Å². The molecule has 0 nitrogen and oxygen atoms in total. The van der Waals surface area contributed by atoms with Crippen LogP contribution in [0, 0.1) is 5.92 Å². The molecule has 0 saturated heterocycles. The van der Waals surface area contributed by atoms with Crippen LogP contribution in [0.3, 0.4) is 0 Å². The zero-order chi connectivity index (χ0) is 18.3. The number of rotatable bonds is 4. The predicted octanol–water partition coefficient (Wildman–Crippen LogP) is 6.89. The Hall–Kier alpha value is -0.993. The molecular weight excluding hydrogens is 495 g/mol. The molecular formula is C24H28HfSi. The first-order valence-electron chi connectivity index (χ1n) is 9.94. The molecule has 0 aliphatic heterocycles. The van der Waals surface area contributed by atoms with E-state index in [1.54, 1.807) is 16.7 Å². The van der Waals surface area contributed by atoms with Crippen LogP contribution in [0.1, 0.15) is 41.5 Å². The molecule has 1 atom stereocenters. The van der Waals surface area contributed by atoms with Gasteiger partial charge >= 0.3 is 167 Å². The topological polar surface area (TPSA) is 0 Å². The van der Waals surface area contributed by atoms with Crippen molar-refractivity contribution in [3.05, 3.63) is 80.7 Å². The predicted molar refractivity (Wildman–Crippen MR) is 111 cm³/mol. The number of fused-ring (bicyclic) bond motifs is 3. The van der Waals surface area contributed by atoms with Crippen LogP contribution in [-0.4, -0.2) is 5.49 Å². The van der Waals surface area contributed by atoms with Crippen LogP contribution in [0.25, 0.3) is 11.1 Å². The first-order valence-corrected chi connectivity index (χ1v) is 21.7. The molecule has 0 radical (unpaired) electrons. The summed E-state index contributed by atoms with van der Waals surface area (Å²) < 4.78 is 2.71. The summed E-state index contributed by atoms with van der Waals surface area (Å²) >= 11 is -2.07. The molecule has 26 heavy (non-hydrogen) atoms. The SMILES string of the molecule is CCC1=[C]([Hf]([CH]2c3ccccc3-c3ccccc32)=[Si](C)C)C(CC)C=C1. The normalized spacial score (nSPS) is 18.2. The fraction of sp³-hybridized carbons (Fsp3) is 0.333. The van der Waals surface area contributed by atoms with Gasteiger partial charge in [0.05, 0.1) is 0 Å². The van der Waals surface area contributed by atoms with Crippen molar-refractivity contribution in [2.24, 2.45) is 5.92 Å². The van der Waals surface area contributed by atoms with E-state index in [0.717, 1.165) is 9.59 Å². The Morgan fingerprint density at radius 3 is 1.96 bits per heavy atom. The van der Waals surface area contributed by atoms with E-state index >= 15 is 0 Å². The molecule has 2 aromatic rings. The van der Waals surface area contributed by atoms with Crippen molar-refractivity contribution >= 4 is 5.49 Å². The molecule has 0 heterocycles. The summed E-state index contributed by atoms with van der Waals surface area (Å²) in [7, 11) is 0. The van der Waals surface area contributed by atoms with Crippen molar-refractivity contribution in [2.75, 3.05) is 0 Å². The summed E-state index contributed by atoms with van der Waals surface area (Å²) in [6, 6.07) is 18.5. The first-order chi connectivity index (χ1) is 12.7. The van der Waals surface area contributed by atoms with Gasteiger partial charge in [-0.1, -0.05) is 0 Å². The fourth-order valence-corrected chi connectivity index (χ4v) is 33.2. The van der Waals surface area contributed by atoms with Crippen LogP contribution >= 0.6 is 0 Å². The molecule has 2 aliphatic rings. The van der Waals surface area contributed by atoms with Gasteiger partial charge < -0.3 is 0 Å². The van der Waals surface area contributed by atoms with Gasteiger partial charge in [-0.25, -0.2) is 0 Å². The molecule has 1 unspecified atom stereocenters. The Labute approximate surface area is 166 Å². The van der Waals surface area contributed by atoms with Crippen LogP contribution in [-0.2, 0) is 20.1 Å². The molecule has 2 aromatic carbocycles. The average Bonchev–Trinajstić information content (AvgIpc) is 3.22. The van der Waals surface area contributed by atoms with Crippen LogP contribution in [0.4, 0.5) is 0 Å². The molecule has 0 spiro atoms. The Balaban J connectivity index is 1.97. The third-order valence-corrected chi connectivity index (χ3v) is 32.2. The third kappa shape index (κ3) is 2.90. The second-order valence-electron chi connectivity index (χ2n) is 7.69. The Morgan fingerprint density at radius 1 is 0.885 bits per heavy atom. The maximum atomic E-state index is 2.61. The van der Waals surface area contributed by atoms with Crippen LogP contribution < -0.4 is 0 Å². The number of benzene rings is 2. The van der Waals surface area contributed by atoms with Crippen molar-refractivity contribution in [1.29, 1.82) is 0 Å². The van der Waals surface area contributed by atoms with E-state index in [9.17, 15) is 0 Å². The van der Waals surface area contributed by atoms with E-state index in [-0.39, 0.29) is 5.49 Å². The quantitative estimate of drug-likeness (QED) is 0.384. The van der Waals surface area contributed by atoms with Crippen LogP contribution in [0.5, 0.6) is 0 Å². The molecule has 2 heteroatoms. The minimum absolute atomic E-state index is 0.292. The second-order valence-corrected chi connectivity index (χ2v) is 31.9. The Morgan fingerprint density at radius 2 is 1.46 bits per heavy atom. The van der Waals surface area contributed by atoms with Crippen LogP contribution in [0.2, 0.25) is 13.1 Å². The van der Waals surface area contributed by atoms with Crippen molar-refractivity contribution < 1.29 is 20.1 Å². The molecule has 0 bridgehead atoms. The van der Waals surface area contributed by atoms with Crippen molar-refractivity contribution in [3.8, 4) is 11.1 Å². The number of hydrogen-bond acceptors (Lipinski definition) is 0. The van der Waals surface area contributed by atoms with E-state index in [0.29, 0.717) is 0 Å². The van der Waals surface area contributed by atoms with Gasteiger partial charge in [-0.15, -0.1) is 0 Å². The average molecular weight is 523 g/mol. The molecule has 0 amide bonds. The summed E-state index contributed by atoms with van der Waals surface area (Å²) in [4.78, 5) is 0. The van der Waals surface area contributed by atoms with Gasteiger partial charge in [-0.3, -0.25) is 0 Å². The van der Waals surface area contributed by atoms with Gasteiger partial charge in [0.25, 0.3) is 0 Å². The van der Waals surface area contributed by atoms with Gasteiger partial charge in [0.2, 0.25) is 0 Å². The van der Waals surface area contributed by atoms with E-state index in [1.807, 2.05) is 3.33 Å². The van der Waals surface area contributed by atoms with E-state index in [4.69, 9.17) is 0 Å². The maximum absolute atomic E-state index is 2.61. The molecule has 0 fully saturated rings. The number of hydrogen-bond donors (Lipinski definition) is 0. The van der Waals surface area contributed by atoms with Gasteiger partial charge in [0.1, 0.15) is 0 Å². The Kier molecular flexibility index (Phi) is 5.34. The fourth-order valence-electron chi connectivity index (χ4n) is 4.86. The zero-order valence-corrected chi connectivity index (χ0v) is 20.9. The monoisotopic (exact) mass is 524 g/mol. The van der Waals surface area contributed by atoms with Gasteiger partial charge in [-0.2, -0.15) is 0 Å². The summed E-state index contributed by atoms with van der Waals surface area (Å²) in [6.07, 6.45) is 7.48. The second kappa shape index (κ2) is 7.56. The standard InChI is InChI=1S/C13H9.C9H13.C2H6Si.Hf/c1-3-7-12-10(5-1)9-11-6-2-4-8-13(11)12;1-3-8-5-6-9(4-2)7-8;1-3-2;/h1-9H;5-6,8H,3-4H2,1-2H3;1-2H3;. The molecule has 4 rings (SSSR count). The summed E-state index contributed by atoms with van der Waals surface area (Å²) in [6.45, 7) is 9.96. The van der Waals surface area contributed by atoms with Crippen molar-refractivity contribution in [1.82, 2.24) is 0 Å². The zero-order valence-electron chi connectivity index (χ0n) is 16.3. The van der Waals surface area contributed by atoms with Gasteiger partial charge in [-0.05, 0) is 0 Å². The first kappa shape index (κ1) is 18.4. The molecule has 0 aromatic heterocycles. The molecule has 2 aliphatic carbocycles. The minimum atomic E-state index is -2.07. The summed E-state index contributed by atoms with van der Waals surface area (Å²) in [5.74, 6) is 0.729. The van der Waals surface area contributed by atoms with Crippen molar-refractivity contribution in [2.45, 2.75) is 43.5 Å². The molecule has 0 N–H and O–H groups in total. The third-order valence-electron chi connectivity index (χ3n) is 6.02. The van der Waals surface area contributed by atoms with E-state index < -0.39 is 20.1 Å². The molecule has 132 valence electrons.